The molecule has 1 atom stereocenters. The number of nitrogens with zero attached hydrogens (tertiary/aromatic N) is 2. The first-order valence-electron chi connectivity index (χ1n) is 6.83. The van der Waals surface area contributed by atoms with Crippen LogP contribution in [-0.4, -0.2) is 59.9 Å². The zero-order valence-electron chi connectivity index (χ0n) is 11.8. The van der Waals surface area contributed by atoms with E-state index < -0.39 is 0 Å². The molecule has 2 aliphatic heterocycles. The fourth-order valence-electron chi connectivity index (χ4n) is 3.07. The van der Waals surface area contributed by atoms with Crippen LogP contribution in [0.3, 0.4) is 0 Å². The lowest BCUT2D eigenvalue weighted by Crippen LogP contribution is -2.46. The second-order valence-electron chi connectivity index (χ2n) is 5.42. The maximum atomic E-state index is 11.3. The van der Waals surface area contributed by atoms with Crippen LogP contribution in [0.15, 0.2) is 0 Å². The van der Waals surface area contributed by atoms with E-state index in [9.17, 15) is 9.59 Å². The Morgan fingerprint density at radius 3 is 2.21 bits per heavy atom. The largest absolute Gasteiger partial charge is 0.352 e. The topological polar surface area (TPSA) is 52.7 Å². The minimum absolute atomic E-state index is 0. The number of hydrogen-bond acceptors (Lipinski definition) is 3. The number of likely N-dealkylation sites (tertiary alicyclic amines) is 2. The zero-order chi connectivity index (χ0) is 13.1. The lowest BCUT2D eigenvalue weighted by molar-refractivity contribution is -0.130. The van der Waals surface area contributed by atoms with Crippen molar-refractivity contribution >= 4 is 25.3 Å². The van der Waals surface area contributed by atoms with Crippen molar-refractivity contribution in [3.05, 3.63) is 0 Å². The maximum absolute atomic E-state index is 11.3. The van der Waals surface area contributed by atoms with Crippen LogP contribution >= 0.6 is 13.5 Å². The van der Waals surface area contributed by atoms with Gasteiger partial charge in [-0.15, -0.1) is 0 Å². The molecule has 6 heteroatoms. The Kier molecular flexibility index (Phi) is 6.13. The van der Waals surface area contributed by atoms with Crippen LogP contribution in [0.25, 0.3) is 0 Å². The molecule has 19 heavy (non-hydrogen) atoms. The molecule has 2 saturated heterocycles. The van der Waals surface area contributed by atoms with Crippen molar-refractivity contribution < 1.29 is 9.59 Å². The van der Waals surface area contributed by atoms with E-state index in [4.69, 9.17) is 0 Å². The molecule has 2 fully saturated rings. The Hall–Kier alpha value is -0.750. The Bertz CT molecular complexity index is 330. The summed E-state index contributed by atoms with van der Waals surface area (Å²) >= 11 is 0. The van der Waals surface area contributed by atoms with Crippen molar-refractivity contribution in [1.82, 2.24) is 15.1 Å². The smallest absolute Gasteiger partial charge is 0.219 e. The second kappa shape index (κ2) is 7.14. The molecule has 0 aromatic carbocycles. The van der Waals surface area contributed by atoms with E-state index in [1.165, 1.54) is 0 Å². The molecular formula is C13H25N3O2S. The third-order valence-corrected chi connectivity index (χ3v) is 4.05. The molecular weight excluding hydrogens is 262 g/mol. The predicted octanol–water partition coefficient (Wildman–Crippen LogP) is 0.321. The molecule has 0 aromatic heterocycles. The van der Waals surface area contributed by atoms with Gasteiger partial charge in [-0.05, 0) is 19.3 Å². The summed E-state index contributed by atoms with van der Waals surface area (Å²) in [6.45, 7) is 7.00. The number of carbonyl (C=O) groups excluding carboxylic acids is 2. The molecule has 1 N–H and O–H groups in total. The van der Waals surface area contributed by atoms with Crippen LogP contribution in [0.1, 0.15) is 33.1 Å². The molecule has 0 saturated carbocycles. The zero-order valence-corrected chi connectivity index (χ0v) is 12.8. The van der Waals surface area contributed by atoms with Gasteiger partial charge in [-0.25, -0.2) is 0 Å². The summed E-state index contributed by atoms with van der Waals surface area (Å²) in [5.74, 6) is 0.249. The fourth-order valence-corrected chi connectivity index (χ4v) is 3.07. The van der Waals surface area contributed by atoms with Gasteiger partial charge < -0.3 is 10.2 Å². The van der Waals surface area contributed by atoms with Gasteiger partial charge in [-0.3, -0.25) is 14.5 Å². The van der Waals surface area contributed by atoms with Crippen molar-refractivity contribution in [2.24, 2.45) is 0 Å². The van der Waals surface area contributed by atoms with Crippen molar-refractivity contribution in [2.45, 2.75) is 45.2 Å². The molecule has 5 nitrogen and oxygen atoms in total. The normalized spacial score (nSPS) is 24.9. The summed E-state index contributed by atoms with van der Waals surface area (Å²) in [5, 5.41) is 2.99. The summed E-state index contributed by atoms with van der Waals surface area (Å²) < 4.78 is 0. The van der Waals surface area contributed by atoms with E-state index >= 15 is 0 Å². The van der Waals surface area contributed by atoms with Gasteiger partial charge in [0.25, 0.3) is 0 Å². The fraction of sp³-hybridized carbons (Fsp3) is 0.846. The highest BCUT2D eigenvalue weighted by Crippen LogP contribution is 2.21. The summed E-state index contributed by atoms with van der Waals surface area (Å²) in [7, 11) is 0. The van der Waals surface area contributed by atoms with Gasteiger partial charge in [0.05, 0.1) is 0 Å². The van der Waals surface area contributed by atoms with Crippen LogP contribution in [0.2, 0.25) is 0 Å². The lowest BCUT2D eigenvalue weighted by Gasteiger charge is -2.36. The van der Waals surface area contributed by atoms with Crippen molar-refractivity contribution in [1.29, 1.82) is 0 Å². The summed E-state index contributed by atoms with van der Waals surface area (Å²) in [5.41, 5.74) is 0. The van der Waals surface area contributed by atoms with Gasteiger partial charge in [0.15, 0.2) is 0 Å². The maximum Gasteiger partial charge on any atom is 0.219 e. The van der Waals surface area contributed by atoms with Crippen LogP contribution in [0, 0.1) is 0 Å². The van der Waals surface area contributed by atoms with Crippen molar-refractivity contribution in [3.8, 4) is 0 Å². The number of rotatable bonds is 2. The van der Waals surface area contributed by atoms with Gasteiger partial charge in [-0.1, -0.05) is 0 Å². The number of nitrogens with one attached hydrogen (secondary N) is 1. The highest BCUT2D eigenvalue weighted by atomic mass is 32.1. The quantitative estimate of drug-likeness (QED) is 0.796. The average Bonchev–Trinajstić information content (AvgIpc) is 2.76. The SMILES string of the molecule is CC(=O)NC1CCN(C2CCN(C(C)=O)CC2)C1.S. The van der Waals surface area contributed by atoms with E-state index in [1.54, 1.807) is 13.8 Å². The Labute approximate surface area is 122 Å². The first-order chi connectivity index (χ1) is 8.56. The Morgan fingerprint density at radius 1 is 1.05 bits per heavy atom. The number of carbonyl (C=O) groups is 2. The van der Waals surface area contributed by atoms with Gasteiger partial charge in [0.1, 0.15) is 0 Å². The molecule has 2 amide bonds. The third-order valence-electron chi connectivity index (χ3n) is 4.05. The first-order valence-corrected chi connectivity index (χ1v) is 6.83. The Morgan fingerprint density at radius 2 is 1.68 bits per heavy atom. The van der Waals surface area contributed by atoms with E-state index in [1.807, 2.05) is 4.90 Å². The average molecular weight is 287 g/mol. The van der Waals surface area contributed by atoms with Gasteiger partial charge in [-0.2, -0.15) is 13.5 Å². The number of hydrogen-bond donors (Lipinski definition) is 1. The molecule has 0 aromatic rings. The first kappa shape index (κ1) is 16.3. The molecule has 2 heterocycles. The molecule has 0 spiro atoms. The third kappa shape index (κ3) is 4.38. The number of amides is 2. The molecule has 0 bridgehead atoms. The second-order valence-corrected chi connectivity index (χ2v) is 5.42. The highest BCUT2D eigenvalue weighted by molar-refractivity contribution is 7.59. The van der Waals surface area contributed by atoms with Crippen LogP contribution in [0.4, 0.5) is 0 Å². The van der Waals surface area contributed by atoms with Gasteiger partial charge in [0.2, 0.25) is 11.8 Å². The number of piperidine rings is 1. The van der Waals surface area contributed by atoms with Crippen LogP contribution < -0.4 is 5.32 Å². The molecule has 0 aliphatic carbocycles. The molecule has 2 aliphatic rings. The minimum atomic E-state index is 0. The summed E-state index contributed by atoms with van der Waals surface area (Å²) in [4.78, 5) is 26.7. The summed E-state index contributed by atoms with van der Waals surface area (Å²) in [6.07, 6.45) is 3.17. The highest BCUT2D eigenvalue weighted by Gasteiger charge is 2.31. The van der Waals surface area contributed by atoms with Crippen LogP contribution in [0.5, 0.6) is 0 Å². The molecule has 110 valence electrons. The predicted molar refractivity (Wildman–Crippen MR) is 79.5 cm³/mol. The lowest BCUT2D eigenvalue weighted by atomic mass is 10.0. The Balaban J connectivity index is 0.00000180. The van der Waals surface area contributed by atoms with Gasteiger partial charge >= 0.3 is 0 Å². The van der Waals surface area contributed by atoms with Crippen molar-refractivity contribution in [3.63, 3.8) is 0 Å². The van der Waals surface area contributed by atoms with E-state index in [2.05, 4.69) is 10.2 Å². The molecule has 2 rings (SSSR count). The van der Waals surface area contributed by atoms with E-state index in [0.29, 0.717) is 12.1 Å². The van der Waals surface area contributed by atoms with E-state index in [0.717, 1.165) is 45.4 Å². The summed E-state index contributed by atoms with van der Waals surface area (Å²) in [6, 6.07) is 0.896. The van der Waals surface area contributed by atoms with E-state index in [-0.39, 0.29) is 25.3 Å². The monoisotopic (exact) mass is 287 g/mol. The van der Waals surface area contributed by atoms with Gasteiger partial charge in [0, 0.05) is 52.1 Å². The minimum Gasteiger partial charge on any atom is -0.352 e. The molecule has 1 unspecified atom stereocenters. The van der Waals surface area contributed by atoms with Crippen LogP contribution in [-0.2, 0) is 9.59 Å². The molecule has 0 radical (unpaired) electrons. The van der Waals surface area contributed by atoms with Crippen molar-refractivity contribution in [2.75, 3.05) is 26.2 Å². The standard InChI is InChI=1S/C13H23N3O2.H2S/c1-10(17)14-12-3-6-16(9-12)13-4-7-15(8-5-13)11(2)18;/h12-13H,3-9H2,1-2H3,(H,14,17);1H2.